The van der Waals surface area contributed by atoms with Crippen LogP contribution in [0.25, 0.3) is 11.0 Å². The lowest BCUT2D eigenvalue weighted by molar-refractivity contribution is 0.0702. The molecule has 0 radical (unpaired) electrons. The highest BCUT2D eigenvalue weighted by Crippen LogP contribution is 2.29. The fourth-order valence-electron chi connectivity index (χ4n) is 4.49. The smallest absolute Gasteiger partial charge is 0.290 e. The Balaban J connectivity index is 1.35. The van der Waals surface area contributed by atoms with Crippen molar-refractivity contribution < 1.29 is 9.21 Å². The molecule has 0 atom stereocenters. The summed E-state index contributed by atoms with van der Waals surface area (Å²) in [5, 5.41) is 0.999. The zero-order chi connectivity index (χ0) is 20.0. The third-order valence-electron chi connectivity index (χ3n) is 6.36. The molecule has 5 rings (SSSR count). The number of para-hydroxylation sites is 1. The quantitative estimate of drug-likeness (QED) is 0.670. The Morgan fingerprint density at radius 1 is 1.17 bits per heavy atom. The summed E-state index contributed by atoms with van der Waals surface area (Å²) < 4.78 is 5.88. The topological polar surface area (TPSA) is 62.5 Å². The van der Waals surface area contributed by atoms with Gasteiger partial charge in [0, 0.05) is 48.1 Å². The van der Waals surface area contributed by atoms with Crippen molar-refractivity contribution in [1.29, 1.82) is 0 Å². The Labute approximate surface area is 170 Å². The summed E-state index contributed by atoms with van der Waals surface area (Å²) in [5.41, 5.74) is 3.82. The van der Waals surface area contributed by atoms with Gasteiger partial charge in [-0.05, 0) is 46.0 Å². The van der Waals surface area contributed by atoms with E-state index in [1.165, 1.54) is 0 Å². The van der Waals surface area contributed by atoms with Crippen LogP contribution in [-0.4, -0.2) is 52.4 Å². The number of aromatic nitrogens is 2. The molecule has 0 saturated carbocycles. The molecule has 2 aromatic heterocycles. The van der Waals surface area contributed by atoms with Gasteiger partial charge in [-0.3, -0.25) is 4.79 Å². The van der Waals surface area contributed by atoms with Crippen molar-refractivity contribution in [2.24, 2.45) is 0 Å². The van der Waals surface area contributed by atoms with Crippen molar-refractivity contribution in [3.05, 3.63) is 58.9 Å². The molecule has 6 nitrogen and oxygen atoms in total. The maximum atomic E-state index is 13.1. The minimum absolute atomic E-state index is 0.0521. The van der Waals surface area contributed by atoms with E-state index in [1.807, 2.05) is 42.3 Å². The Hall–Kier alpha value is -2.73. The number of piperidine rings is 1. The number of rotatable bonds is 2. The van der Waals surface area contributed by atoms with Crippen molar-refractivity contribution in [1.82, 2.24) is 19.8 Å². The zero-order valence-electron chi connectivity index (χ0n) is 17.0. The van der Waals surface area contributed by atoms with Gasteiger partial charge in [-0.15, -0.1) is 0 Å². The SMILES string of the molecule is Cc1c(C(=O)N2CCc3nc(C4CCN(C)CC4)ncc3C2)oc2ccccc12. The van der Waals surface area contributed by atoms with Crippen molar-refractivity contribution in [2.75, 3.05) is 26.7 Å². The maximum Gasteiger partial charge on any atom is 0.290 e. The highest BCUT2D eigenvalue weighted by Gasteiger charge is 2.28. The molecule has 1 aromatic carbocycles. The summed E-state index contributed by atoms with van der Waals surface area (Å²) in [7, 11) is 2.17. The summed E-state index contributed by atoms with van der Waals surface area (Å²) >= 11 is 0. The standard InChI is InChI=1S/C23H26N4O2/c1-15-18-5-3-4-6-20(18)29-21(15)23(28)27-12-9-19-17(14-27)13-24-22(25-19)16-7-10-26(2)11-8-16/h3-6,13,16H,7-12,14H2,1-2H3. The van der Waals surface area contributed by atoms with E-state index in [0.29, 0.717) is 24.8 Å². The van der Waals surface area contributed by atoms with Crippen LogP contribution in [0.3, 0.4) is 0 Å². The summed E-state index contributed by atoms with van der Waals surface area (Å²) in [5.74, 6) is 1.82. The summed E-state index contributed by atoms with van der Waals surface area (Å²) in [6, 6.07) is 7.79. The van der Waals surface area contributed by atoms with Gasteiger partial charge in [-0.2, -0.15) is 0 Å². The van der Waals surface area contributed by atoms with Crippen molar-refractivity contribution >= 4 is 16.9 Å². The van der Waals surface area contributed by atoms with Gasteiger partial charge in [-0.25, -0.2) is 9.97 Å². The summed E-state index contributed by atoms with van der Waals surface area (Å²) in [4.78, 5) is 26.9. The molecule has 0 aliphatic carbocycles. The van der Waals surface area contributed by atoms with E-state index >= 15 is 0 Å². The predicted molar refractivity (Wildman–Crippen MR) is 111 cm³/mol. The molecule has 0 unspecified atom stereocenters. The summed E-state index contributed by atoms with van der Waals surface area (Å²) in [6.45, 7) is 5.35. The molecule has 2 aliphatic heterocycles. The molecule has 2 aliphatic rings. The van der Waals surface area contributed by atoms with Crippen LogP contribution in [0.4, 0.5) is 0 Å². The van der Waals surface area contributed by atoms with E-state index < -0.39 is 0 Å². The van der Waals surface area contributed by atoms with E-state index in [0.717, 1.165) is 66.0 Å². The second-order valence-corrected chi connectivity index (χ2v) is 8.31. The predicted octanol–water partition coefficient (Wildman–Crippen LogP) is 3.54. The van der Waals surface area contributed by atoms with Gasteiger partial charge in [0.1, 0.15) is 11.4 Å². The molecule has 0 bridgehead atoms. The third-order valence-corrected chi connectivity index (χ3v) is 6.36. The first-order valence-corrected chi connectivity index (χ1v) is 10.4. The Morgan fingerprint density at radius 3 is 2.76 bits per heavy atom. The first-order valence-electron chi connectivity index (χ1n) is 10.4. The number of furan rings is 1. The van der Waals surface area contributed by atoms with Gasteiger partial charge in [0.2, 0.25) is 0 Å². The fraction of sp³-hybridized carbons (Fsp3) is 0.435. The van der Waals surface area contributed by atoms with E-state index in [1.54, 1.807) is 0 Å². The van der Waals surface area contributed by atoms with Gasteiger partial charge in [-0.1, -0.05) is 18.2 Å². The molecule has 4 heterocycles. The molecule has 1 fully saturated rings. The maximum absolute atomic E-state index is 13.1. The number of fused-ring (bicyclic) bond motifs is 2. The zero-order valence-corrected chi connectivity index (χ0v) is 17.0. The summed E-state index contributed by atoms with van der Waals surface area (Å²) in [6.07, 6.45) is 4.93. The lowest BCUT2D eigenvalue weighted by atomic mass is 9.95. The number of hydrogen-bond acceptors (Lipinski definition) is 5. The van der Waals surface area contributed by atoms with Gasteiger partial charge < -0.3 is 14.2 Å². The average Bonchev–Trinajstić information content (AvgIpc) is 3.10. The van der Waals surface area contributed by atoms with Crippen LogP contribution >= 0.6 is 0 Å². The van der Waals surface area contributed by atoms with Crippen molar-refractivity contribution in [3.63, 3.8) is 0 Å². The molecule has 1 amide bonds. The average molecular weight is 390 g/mol. The second kappa shape index (κ2) is 7.26. The Kier molecular flexibility index (Phi) is 4.59. The van der Waals surface area contributed by atoms with E-state index in [2.05, 4.69) is 16.9 Å². The number of likely N-dealkylation sites (tertiary alicyclic amines) is 1. The number of carbonyl (C=O) groups is 1. The number of benzene rings is 1. The Bertz CT molecular complexity index is 1070. The molecule has 1 saturated heterocycles. The van der Waals surface area contributed by atoms with Crippen molar-refractivity contribution in [3.8, 4) is 0 Å². The molecular formula is C23H26N4O2. The normalized spacial score (nSPS) is 18.2. The van der Waals surface area contributed by atoms with E-state index in [4.69, 9.17) is 9.40 Å². The number of hydrogen-bond donors (Lipinski definition) is 0. The molecule has 150 valence electrons. The fourth-order valence-corrected chi connectivity index (χ4v) is 4.49. The van der Waals surface area contributed by atoms with Gasteiger partial charge in [0.15, 0.2) is 5.76 Å². The highest BCUT2D eigenvalue weighted by molar-refractivity contribution is 5.99. The lowest BCUT2D eigenvalue weighted by Gasteiger charge is -2.30. The van der Waals surface area contributed by atoms with Crippen LogP contribution in [-0.2, 0) is 13.0 Å². The molecule has 3 aromatic rings. The Morgan fingerprint density at radius 2 is 1.97 bits per heavy atom. The van der Waals surface area contributed by atoms with Crippen LogP contribution in [0, 0.1) is 6.92 Å². The largest absolute Gasteiger partial charge is 0.451 e. The van der Waals surface area contributed by atoms with Crippen LogP contribution in [0.15, 0.2) is 34.9 Å². The first-order chi connectivity index (χ1) is 14.1. The van der Waals surface area contributed by atoms with Crippen LogP contribution < -0.4 is 0 Å². The van der Waals surface area contributed by atoms with Gasteiger partial charge in [0.05, 0.1) is 5.69 Å². The van der Waals surface area contributed by atoms with Crippen LogP contribution in [0.1, 0.15) is 52.0 Å². The molecule has 0 N–H and O–H groups in total. The minimum atomic E-state index is -0.0521. The lowest BCUT2D eigenvalue weighted by Crippen LogP contribution is -2.37. The highest BCUT2D eigenvalue weighted by atomic mass is 16.3. The number of aryl methyl sites for hydroxylation is 1. The molecule has 29 heavy (non-hydrogen) atoms. The third kappa shape index (κ3) is 3.31. The van der Waals surface area contributed by atoms with Crippen LogP contribution in [0.5, 0.6) is 0 Å². The van der Waals surface area contributed by atoms with Crippen LogP contribution in [0.2, 0.25) is 0 Å². The monoisotopic (exact) mass is 390 g/mol. The number of amides is 1. The van der Waals surface area contributed by atoms with Gasteiger partial charge in [0.25, 0.3) is 5.91 Å². The molecular weight excluding hydrogens is 364 g/mol. The molecule has 6 heteroatoms. The molecule has 0 spiro atoms. The van der Waals surface area contributed by atoms with E-state index in [-0.39, 0.29) is 5.91 Å². The van der Waals surface area contributed by atoms with E-state index in [9.17, 15) is 4.79 Å². The minimum Gasteiger partial charge on any atom is -0.451 e. The van der Waals surface area contributed by atoms with Gasteiger partial charge >= 0.3 is 0 Å². The first kappa shape index (κ1) is 18.3. The second-order valence-electron chi connectivity index (χ2n) is 8.31. The number of carbonyl (C=O) groups excluding carboxylic acids is 1. The van der Waals surface area contributed by atoms with Crippen molar-refractivity contribution in [2.45, 2.75) is 38.6 Å². The number of nitrogens with zero attached hydrogens (tertiary/aromatic N) is 4.